The second-order valence-electron chi connectivity index (χ2n) is 5.87. The van der Waals surface area contributed by atoms with E-state index in [9.17, 15) is 4.79 Å². The SMILES string of the molecule is CCn1cc(NC(=O)NC2(c3cccc(Br)c3)CCOCC2)cn1. The van der Waals surface area contributed by atoms with Crippen molar-refractivity contribution in [2.75, 3.05) is 18.5 Å². The number of carbonyl (C=O) groups is 1. The van der Waals surface area contributed by atoms with Crippen LogP contribution in [0.2, 0.25) is 0 Å². The highest BCUT2D eigenvalue weighted by atomic mass is 79.9. The molecule has 0 saturated carbocycles. The highest BCUT2D eigenvalue weighted by Gasteiger charge is 2.36. The van der Waals surface area contributed by atoms with Crippen LogP contribution in [-0.4, -0.2) is 29.0 Å². The Kier molecular flexibility index (Phi) is 5.20. The molecule has 1 aromatic carbocycles. The number of carbonyl (C=O) groups excluding carboxylic acids is 1. The van der Waals surface area contributed by atoms with Crippen LogP contribution in [0.15, 0.2) is 41.1 Å². The Morgan fingerprint density at radius 2 is 2.21 bits per heavy atom. The number of rotatable bonds is 4. The third-order valence-electron chi connectivity index (χ3n) is 4.29. The molecule has 1 saturated heterocycles. The maximum absolute atomic E-state index is 12.5. The van der Waals surface area contributed by atoms with Gasteiger partial charge in [0.05, 0.1) is 17.4 Å². The summed E-state index contributed by atoms with van der Waals surface area (Å²) in [6.07, 6.45) is 4.95. The van der Waals surface area contributed by atoms with Crippen LogP contribution in [0.5, 0.6) is 0 Å². The van der Waals surface area contributed by atoms with Gasteiger partial charge in [0.1, 0.15) is 0 Å². The van der Waals surface area contributed by atoms with Crippen molar-refractivity contribution in [3.63, 3.8) is 0 Å². The molecule has 1 aliphatic rings. The van der Waals surface area contributed by atoms with E-state index in [1.54, 1.807) is 10.9 Å². The summed E-state index contributed by atoms with van der Waals surface area (Å²) < 4.78 is 8.27. The molecule has 2 N–H and O–H groups in total. The molecule has 0 unspecified atom stereocenters. The number of anilines is 1. The van der Waals surface area contributed by atoms with Crippen molar-refractivity contribution in [1.29, 1.82) is 0 Å². The van der Waals surface area contributed by atoms with E-state index < -0.39 is 5.54 Å². The molecule has 6 nitrogen and oxygen atoms in total. The minimum absolute atomic E-state index is 0.229. The highest BCUT2D eigenvalue weighted by molar-refractivity contribution is 9.10. The van der Waals surface area contributed by atoms with Gasteiger partial charge in [-0.2, -0.15) is 5.10 Å². The summed E-state index contributed by atoms with van der Waals surface area (Å²) in [5, 5.41) is 10.2. The number of halogens is 1. The lowest BCUT2D eigenvalue weighted by Gasteiger charge is -2.38. The van der Waals surface area contributed by atoms with Crippen molar-refractivity contribution in [2.24, 2.45) is 0 Å². The molecule has 0 atom stereocenters. The molecule has 1 aliphatic heterocycles. The number of benzene rings is 1. The minimum Gasteiger partial charge on any atom is -0.381 e. The van der Waals surface area contributed by atoms with Gasteiger partial charge in [-0.25, -0.2) is 4.79 Å². The van der Waals surface area contributed by atoms with E-state index >= 15 is 0 Å². The van der Waals surface area contributed by atoms with Gasteiger partial charge >= 0.3 is 6.03 Å². The van der Waals surface area contributed by atoms with Crippen molar-refractivity contribution >= 4 is 27.6 Å². The number of nitrogens with zero attached hydrogens (tertiary/aromatic N) is 2. The van der Waals surface area contributed by atoms with Crippen molar-refractivity contribution in [2.45, 2.75) is 31.8 Å². The molecule has 2 amide bonds. The van der Waals surface area contributed by atoms with Gasteiger partial charge in [0.25, 0.3) is 0 Å². The van der Waals surface area contributed by atoms with Gasteiger partial charge in [0.15, 0.2) is 0 Å². The molecular formula is C17H21BrN4O2. The largest absolute Gasteiger partial charge is 0.381 e. The van der Waals surface area contributed by atoms with Crippen molar-refractivity contribution in [3.05, 3.63) is 46.7 Å². The van der Waals surface area contributed by atoms with Crippen LogP contribution in [-0.2, 0) is 16.8 Å². The average Bonchev–Trinajstić information content (AvgIpc) is 3.03. The fraction of sp³-hybridized carbons (Fsp3) is 0.412. The summed E-state index contributed by atoms with van der Waals surface area (Å²) in [4.78, 5) is 12.5. The van der Waals surface area contributed by atoms with Gasteiger partial charge in [-0.05, 0) is 37.5 Å². The van der Waals surface area contributed by atoms with Crippen molar-refractivity contribution in [3.8, 4) is 0 Å². The third-order valence-corrected chi connectivity index (χ3v) is 4.78. The molecule has 0 bridgehead atoms. The fourth-order valence-corrected chi connectivity index (χ4v) is 3.37. The van der Waals surface area contributed by atoms with Gasteiger partial charge in [-0.15, -0.1) is 0 Å². The Balaban J connectivity index is 1.77. The van der Waals surface area contributed by atoms with E-state index in [1.165, 1.54) is 0 Å². The predicted octanol–water partition coefficient (Wildman–Crippen LogP) is 3.49. The van der Waals surface area contributed by atoms with E-state index in [4.69, 9.17) is 4.74 Å². The number of hydrogen-bond acceptors (Lipinski definition) is 3. The lowest BCUT2D eigenvalue weighted by atomic mass is 9.83. The summed E-state index contributed by atoms with van der Waals surface area (Å²) in [5.74, 6) is 0. The smallest absolute Gasteiger partial charge is 0.320 e. The van der Waals surface area contributed by atoms with Crippen LogP contribution < -0.4 is 10.6 Å². The lowest BCUT2D eigenvalue weighted by Crippen LogP contribution is -2.50. The van der Waals surface area contributed by atoms with E-state index in [0.29, 0.717) is 18.9 Å². The minimum atomic E-state index is -0.424. The topological polar surface area (TPSA) is 68.2 Å². The summed E-state index contributed by atoms with van der Waals surface area (Å²) in [6, 6.07) is 7.84. The lowest BCUT2D eigenvalue weighted by molar-refractivity contribution is 0.0418. The monoisotopic (exact) mass is 392 g/mol. The molecule has 2 heterocycles. The van der Waals surface area contributed by atoms with Crippen LogP contribution in [0.4, 0.5) is 10.5 Å². The molecule has 7 heteroatoms. The number of aryl methyl sites for hydroxylation is 1. The molecule has 0 radical (unpaired) electrons. The van der Waals surface area contributed by atoms with Crippen LogP contribution in [0.25, 0.3) is 0 Å². The number of ether oxygens (including phenoxy) is 1. The second-order valence-corrected chi connectivity index (χ2v) is 6.78. The Morgan fingerprint density at radius 1 is 1.42 bits per heavy atom. The van der Waals surface area contributed by atoms with Gasteiger partial charge in [-0.3, -0.25) is 4.68 Å². The first kappa shape index (κ1) is 17.0. The van der Waals surface area contributed by atoms with Crippen molar-refractivity contribution in [1.82, 2.24) is 15.1 Å². The first-order valence-corrected chi connectivity index (χ1v) is 8.86. The number of aromatic nitrogens is 2. The van der Waals surface area contributed by atoms with E-state index in [1.807, 2.05) is 31.3 Å². The zero-order chi connectivity index (χ0) is 17.0. The standard InChI is InChI=1S/C17H21BrN4O2/c1-2-22-12-15(11-19-22)20-16(23)21-17(6-8-24-9-7-17)13-4-3-5-14(18)10-13/h3-5,10-12H,2,6-9H2,1H3,(H2,20,21,23). The summed E-state index contributed by atoms with van der Waals surface area (Å²) in [6.45, 7) is 4.02. The molecule has 3 rings (SSSR count). The van der Waals surface area contributed by atoms with Crippen LogP contribution in [0, 0.1) is 0 Å². The molecule has 2 aromatic rings. The van der Waals surface area contributed by atoms with E-state index in [2.05, 4.69) is 37.7 Å². The maximum Gasteiger partial charge on any atom is 0.320 e. The zero-order valence-corrected chi connectivity index (χ0v) is 15.2. The Hall–Kier alpha value is -1.86. The third kappa shape index (κ3) is 3.79. The number of nitrogens with one attached hydrogen (secondary N) is 2. The summed E-state index contributed by atoms with van der Waals surface area (Å²) >= 11 is 3.51. The Labute approximate surface area is 149 Å². The fourth-order valence-electron chi connectivity index (χ4n) is 2.97. The van der Waals surface area contributed by atoms with Gasteiger partial charge in [-0.1, -0.05) is 28.1 Å². The molecule has 1 fully saturated rings. The van der Waals surface area contributed by atoms with E-state index in [0.717, 1.165) is 29.4 Å². The summed E-state index contributed by atoms with van der Waals surface area (Å²) in [7, 11) is 0. The Bertz CT molecular complexity index is 710. The maximum atomic E-state index is 12.5. The van der Waals surface area contributed by atoms with Crippen molar-refractivity contribution < 1.29 is 9.53 Å². The molecular weight excluding hydrogens is 372 g/mol. The molecule has 1 aromatic heterocycles. The molecule has 0 aliphatic carbocycles. The number of urea groups is 1. The van der Waals surface area contributed by atoms with Gasteiger partial charge < -0.3 is 15.4 Å². The summed E-state index contributed by atoms with van der Waals surface area (Å²) in [5.41, 5.74) is 1.35. The average molecular weight is 393 g/mol. The van der Waals surface area contributed by atoms with Crippen LogP contribution in [0.1, 0.15) is 25.3 Å². The number of amides is 2. The molecule has 24 heavy (non-hydrogen) atoms. The first-order chi connectivity index (χ1) is 11.6. The quantitative estimate of drug-likeness (QED) is 0.836. The highest BCUT2D eigenvalue weighted by Crippen LogP contribution is 2.33. The zero-order valence-electron chi connectivity index (χ0n) is 13.6. The van der Waals surface area contributed by atoms with Gasteiger partial charge in [0.2, 0.25) is 0 Å². The van der Waals surface area contributed by atoms with E-state index in [-0.39, 0.29) is 6.03 Å². The Morgan fingerprint density at radius 3 is 2.88 bits per heavy atom. The second kappa shape index (κ2) is 7.36. The molecule has 128 valence electrons. The normalized spacial score (nSPS) is 16.6. The molecule has 0 spiro atoms. The van der Waals surface area contributed by atoms with Crippen LogP contribution in [0.3, 0.4) is 0 Å². The van der Waals surface area contributed by atoms with Gasteiger partial charge in [0, 0.05) is 30.4 Å². The first-order valence-electron chi connectivity index (χ1n) is 8.07. The predicted molar refractivity (Wildman–Crippen MR) is 95.9 cm³/mol. The van der Waals surface area contributed by atoms with Crippen LogP contribution >= 0.6 is 15.9 Å². The number of hydrogen-bond donors (Lipinski definition) is 2.